The number of amides is 1. The van der Waals surface area contributed by atoms with Crippen molar-refractivity contribution in [1.82, 2.24) is 5.32 Å². The van der Waals surface area contributed by atoms with E-state index in [-0.39, 0.29) is 18.4 Å². The molecule has 1 aliphatic carbocycles. The van der Waals surface area contributed by atoms with Crippen molar-refractivity contribution in [1.29, 1.82) is 0 Å². The molecule has 0 aliphatic heterocycles. The molecule has 0 aromatic heterocycles. The van der Waals surface area contributed by atoms with Gasteiger partial charge in [-0.05, 0) is 36.8 Å². The minimum absolute atomic E-state index is 0.153. The summed E-state index contributed by atoms with van der Waals surface area (Å²) in [4.78, 5) is 12.4. The highest BCUT2D eigenvalue weighted by Gasteiger charge is 2.23. The second-order valence-electron chi connectivity index (χ2n) is 7.82. The number of para-hydroxylation sites is 1. The molecule has 28 heavy (non-hydrogen) atoms. The minimum Gasteiger partial charge on any atom is -0.378 e. The van der Waals surface area contributed by atoms with Crippen molar-refractivity contribution in [2.24, 2.45) is 0 Å². The zero-order chi connectivity index (χ0) is 20.6. The third kappa shape index (κ3) is 7.09. The normalized spacial score (nSPS) is 15.6. The van der Waals surface area contributed by atoms with Gasteiger partial charge in [0.05, 0.1) is 18.0 Å². The summed E-state index contributed by atoms with van der Waals surface area (Å²) in [5, 5.41) is 2.82. The van der Waals surface area contributed by atoms with Crippen LogP contribution in [0.1, 0.15) is 63.9 Å². The Balaban J connectivity index is 1.86. The van der Waals surface area contributed by atoms with Gasteiger partial charge in [0.15, 0.2) is 0 Å². The van der Waals surface area contributed by atoms with Gasteiger partial charge >= 0.3 is 0 Å². The summed E-state index contributed by atoms with van der Waals surface area (Å²) in [5.41, 5.74) is 1.47. The molecule has 7 heteroatoms. The van der Waals surface area contributed by atoms with E-state index in [1.165, 1.54) is 23.6 Å². The quantitative estimate of drug-likeness (QED) is 0.600. The molecule has 0 atom stereocenters. The lowest BCUT2D eigenvalue weighted by molar-refractivity contribution is -0.119. The molecule has 6 nitrogen and oxygen atoms in total. The predicted octanol–water partition coefficient (Wildman–Crippen LogP) is 3.43. The molecule has 0 radical (unpaired) electrons. The molecule has 2 rings (SSSR count). The van der Waals surface area contributed by atoms with Crippen LogP contribution < -0.4 is 9.62 Å². The van der Waals surface area contributed by atoms with Crippen molar-refractivity contribution >= 4 is 21.6 Å². The van der Waals surface area contributed by atoms with Gasteiger partial charge in [-0.3, -0.25) is 9.10 Å². The highest BCUT2D eigenvalue weighted by Crippen LogP contribution is 2.28. The first-order valence-electron chi connectivity index (χ1n) is 10.2. The van der Waals surface area contributed by atoms with Crippen LogP contribution in [0.25, 0.3) is 0 Å². The lowest BCUT2D eigenvalue weighted by Gasteiger charge is -2.25. The van der Waals surface area contributed by atoms with Crippen LogP contribution in [0.2, 0.25) is 0 Å². The first-order chi connectivity index (χ1) is 13.3. The monoisotopic (exact) mass is 410 g/mol. The SMILES string of the molecule is CC(C)c1ccccc1N(CC(=O)NCCCOC1CCCCC1)S(C)(=O)=O. The van der Waals surface area contributed by atoms with E-state index in [9.17, 15) is 13.2 Å². The van der Waals surface area contributed by atoms with E-state index in [0.717, 1.165) is 31.1 Å². The van der Waals surface area contributed by atoms with Crippen LogP contribution in [-0.2, 0) is 19.6 Å². The number of carbonyl (C=O) groups is 1. The number of rotatable bonds is 10. The predicted molar refractivity (Wildman–Crippen MR) is 113 cm³/mol. The Labute approximate surface area is 169 Å². The van der Waals surface area contributed by atoms with Gasteiger partial charge in [0, 0.05) is 13.2 Å². The van der Waals surface area contributed by atoms with E-state index in [1.54, 1.807) is 12.1 Å². The lowest BCUT2D eigenvalue weighted by atomic mass is 9.98. The molecule has 0 saturated heterocycles. The standard InChI is InChI=1S/C21H34N2O4S/c1-17(2)19-12-7-8-13-20(19)23(28(3,25)26)16-21(24)22-14-9-15-27-18-10-5-4-6-11-18/h7-8,12-13,17-18H,4-6,9-11,14-16H2,1-3H3,(H,22,24). The Bertz CT molecular complexity index is 728. The van der Waals surface area contributed by atoms with E-state index in [0.29, 0.717) is 24.9 Å². The van der Waals surface area contributed by atoms with E-state index in [1.807, 2.05) is 26.0 Å². The Morgan fingerprint density at radius 2 is 1.89 bits per heavy atom. The van der Waals surface area contributed by atoms with Crippen molar-refractivity contribution in [3.8, 4) is 0 Å². The number of hydrogen-bond donors (Lipinski definition) is 1. The number of anilines is 1. The Morgan fingerprint density at radius 3 is 2.54 bits per heavy atom. The second kappa shape index (κ2) is 10.8. The molecule has 0 bridgehead atoms. The number of hydrogen-bond acceptors (Lipinski definition) is 4. The van der Waals surface area contributed by atoms with Crippen LogP contribution >= 0.6 is 0 Å². The molecule has 1 N–H and O–H groups in total. The smallest absolute Gasteiger partial charge is 0.240 e. The first-order valence-corrected chi connectivity index (χ1v) is 12.1. The summed E-state index contributed by atoms with van der Waals surface area (Å²) in [6, 6.07) is 7.33. The average molecular weight is 411 g/mol. The first kappa shape index (κ1) is 22.7. The van der Waals surface area contributed by atoms with Crippen LogP contribution in [0.3, 0.4) is 0 Å². The molecule has 0 unspecified atom stereocenters. The van der Waals surface area contributed by atoms with Crippen molar-refractivity contribution in [3.05, 3.63) is 29.8 Å². The highest BCUT2D eigenvalue weighted by molar-refractivity contribution is 7.92. The zero-order valence-corrected chi connectivity index (χ0v) is 18.1. The number of nitrogens with zero attached hydrogens (tertiary/aromatic N) is 1. The van der Waals surface area contributed by atoms with Gasteiger partial charge in [-0.2, -0.15) is 0 Å². The summed E-state index contributed by atoms with van der Waals surface area (Å²) in [5.74, 6) is -0.151. The van der Waals surface area contributed by atoms with Crippen LogP contribution in [0.4, 0.5) is 5.69 Å². The van der Waals surface area contributed by atoms with E-state index in [4.69, 9.17) is 4.74 Å². The Hall–Kier alpha value is -1.60. The van der Waals surface area contributed by atoms with E-state index < -0.39 is 10.0 Å². The van der Waals surface area contributed by atoms with Gasteiger partial charge in [-0.1, -0.05) is 51.3 Å². The van der Waals surface area contributed by atoms with Gasteiger partial charge in [-0.25, -0.2) is 8.42 Å². The van der Waals surface area contributed by atoms with Crippen LogP contribution in [0, 0.1) is 0 Å². The lowest BCUT2D eigenvalue weighted by Crippen LogP contribution is -2.41. The van der Waals surface area contributed by atoms with Gasteiger partial charge in [0.2, 0.25) is 15.9 Å². The highest BCUT2D eigenvalue weighted by atomic mass is 32.2. The Kier molecular flexibility index (Phi) is 8.76. The number of ether oxygens (including phenoxy) is 1. The molecule has 1 fully saturated rings. The summed E-state index contributed by atoms with van der Waals surface area (Å²) in [7, 11) is -3.57. The summed E-state index contributed by atoms with van der Waals surface area (Å²) in [6.45, 7) is 4.90. The maximum absolute atomic E-state index is 12.4. The van der Waals surface area contributed by atoms with E-state index >= 15 is 0 Å². The number of nitrogens with one attached hydrogen (secondary N) is 1. The Morgan fingerprint density at radius 1 is 1.21 bits per heavy atom. The maximum atomic E-state index is 12.4. The summed E-state index contributed by atoms with van der Waals surface area (Å²) in [6.07, 6.45) is 8.25. The largest absolute Gasteiger partial charge is 0.378 e. The molecule has 1 saturated carbocycles. The van der Waals surface area contributed by atoms with Crippen molar-refractivity contribution < 1.29 is 17.9 Å². The molecule has 1 amide bonds. The topological polar surface area (TPSA) is 75.7 Å². The van der Waals surface area contributed by atoms with Crippen LogP contribution in [0.5, 0.6) is 0 Å². The number of carbonyl (C=O) groups excluding carboxylic acids is 1. The van der Waals surface area contributed by atoms with Crippen molar-refractivity contribution in [2.45, 2.75) is 64.4 Å². The van der Waals surface area contributed by atoms with Gasteiger partial charge in [-0.15, -0.1) is 0 Å². The average Bonchev–Trinajstić information content (AvgIpc) is 2.65. The fourth-order valence-corrected chi connectivity index (χ4v) is 4.43. The molecule has 1 aromatic rings. The fourth-order valence-electron chi connectivity index (χ4n) is 3.55. The second-order valence-corrected chi connectivity index (χ2v) is 9.72. The summed E-state index contributed by atoms with van der Waals surface area (Å²) < 4.78 is 31.7. The zero-order valence-electron chi connectivity index (χ0n) is 17.3. The molecular formula is C21H34N2O4S. The third-order valence-electron chi connectivity index (χ3n) is 5.06. The van der Waals surface area contributed by atoms with Gasteiger partial charge in [0.25, 0.3) is 0 Å². The van der Waals surface area contributed by atoms with Gasteiger partial charge < -0.3 is 10.1 Å². The van der Waals surface area contributed by atoms with E-state index in [2.05, 4.69) is 5.32 Å². The number of benzene rings is 1. The molecule has 0 spiro atoms. The maximum Gasteiger partial charge on any atom is 0.240 e. The van der Waals surface area contributed by atoms with Crippen molar-refractivity contribution in [2.75, 3.05) is 30.3 Å². The molecule has 1 aromatic carbocycles. The molecule has 0 heterocycles. The van der Waals surface area contributed by atoms with Crippen LogP contribution in [-0.4, -0.2) is 46.4 Å². The van der Waals surface area contributed by atoms with Crippen molar-refractivity contribution in [3.63, 3.8) is 0 Å². The van der Waals surface area contributed by atoms with Crippen LogP contribution in [0.15, 0.2) is 24.3 Å². The minimum atomic E-state index is -3.57. The molecule has 1 aliphatic rings. The molecular weight excluding hydrogens is 376 g/mol. The molecule has 158 valence electrons. The third-order valence-corrected chi connectivity index (χ3v) is 6.19. The number of sulfonamides is 1. The van der Waals surface area contributed by atoms with Gasteiger partial charge in [0.1, 0.15) is 6.54 Å². The summed E-state index contributed by atoms with van der Waals surface area (Å²) >= 11 is 0. The fraction of sp³-hybridized carbons (Fsp3) is 0.667.